The van der Waals surface area contributed by atoms with Gasteiger partial charge in [-0.05, 0) is 23.8 Å². The second-order valence-electron chi connectivity index (χ2n) is 7.37. The summed E-state index contributed by atoms with van der Waals surface area (Å²) in [6.07, 6.45) is 2.05. The molecule has 4 heteroatoms. The summed E-state index contributed by atoms with van der Waals surface area (Å²) in [6, 6.07) is 9.92. The van der Waals surface area contributed by atoms with Gasteiger partial charge in [0, 0.05) is 26.1 Å². The normalized spacial score (nSPS) is 27.5. The first kappa shape index (κ1) is 15.1. The largest absolute Gasteiger partial charge is 0.355 e. The van der Waals surface area contributed by atoms with Gasteiger partial charge in [-0.2, -0.15) is 0 Å². The molecule has 1 aromatic rings. The van der Waals surface area contributed by atoms with Crippen molar-refractivity contribution in [2.75, 3.05) is 19.6 Å². The molecule has 1 atom stereocenters. The molecule has 1 unspecified atom stereocenters. The molecule has 0 aliphatic carbocycles. The first-order chi connectivity index (χ1) is 10.4. The van der Waals surface area contributed by atoms with Gasteiger partial charge >= 0.3 is 0 Å². The molecule has 2 aliphatic heterocycles. The van der Waals surface area contributed by atoms with Gasteiger partial charge in [0.15, 0.2) is 0 Å². The Balaban J connectivity index is 1.93. The molecular formula is C18H24N2O2. The Hall–Kier alpha value is -1.84. The Kier molecular flexibility index (Phi) is 3.71. The van der Waals surface area contributed by atoms with Gasteiger partial charge in [0.05, 0.1) is 5.41 Å². The van der Waals surface area contributed by atoms with Gasteiger partial charge in [-0.3, -0.25) is 9.59 Å². The van der Waals surface area contributed by atoms with Crippen LogP contribution in [0.4, 0.5) is 0 Å². The number of hydrogen-bond acceptors (Lipinski definition) is 2. The van der Waals surface area contributed by atoms with Crippen LogP contribution in [0.25, 0.3) is 0 Å². The van der Waals surface area contributed by atoms with E-state index in [2.05, 4.69) is 19.2 Å². The zero-order valence-corrected chi connectivity index (χ0v) is 13.4. The minimum absolute atomic E-state index is 0.0427. The molecule has 1 aromatic carbocycles. The number of nitrogens with one attached hydrogen (secondary N) is 1. The minimum atomic E-state index is -0.602. The van der Waals surface area contributed by atoms with E-state index >= 15 is 0 Å². The molecule has 22 heavy (non-hydrogen) atoms. The van der Waals surface area contributed by atoms with Crippen LogP contribution in [0.5, 0.6) is 0 Å². The molecule has 118 valence electrons. The van der Waals surface area contributed by atoms with Crippen LogP contribution in [0.3, 0.4) is 0 Å². The van der Waals surface area contributed by atoms with Gasteiger partial charge < -0.3 is 10.2 Å². The summed E-state index contributed by atoms with van der Waals surface area (Å²) >= 11 is 0. The summed E-state index contributed by atoms with van der Waals surface area (Å²) in [4.78, 5) is 26.9. The Labute approximate surface area is 131 Å². The molecule has 1 N–H and O–H groups in total. The molecule has 2 saturated heterocycles. The van der Waals surface area contributed by atoms with E-state index in [1.165, 1.54) is 0 Å². The highest BCUT2D eigenvalue weighted by atomic mass is 16.2. The maximum Gasteiger partial charge on any atom is 0.235 e. The number of amides is 2. The number of nitrogens with zero attached hydrogens (tertiary/aromatic N) is 1. The van der Waals surface area contributed by atoms with E-state index in [1.807, 2.05) is 35.2 Å². The van der Waals surface area contributed by atoms with Gasteiger partial charge in [0.1, 0.15) is 0 Å². The van der Waals surface area contributed by atoms with Crippen molar-refractivity contribution in [3.8, 4) is 0 Å². The van der Waals surface area contributed by atoms with E-state index in [0.29, 0.717) is 19.4 Å². The van der Waals surface area contributed by atoms with Crippen molar-refractivity contribution in [2.45, 2.75) is 38.5 Å². The SMILES string of the molecule is CC1(C)CCN(C(=O)C2(c3ccccc3)CCC(=O)NC2)C1. The minimum Gasteiger partial charge on any atom is -0.355 e. The quantitative estimate of drug-likeness (QED) is 0.909. The molecule has 2 amide bonds. The Morgan fingerprint density at radius 3 is 2.45 bits per heavy atom. The lowest BCUT2D eigenvalue weighted by molar-refractivity contribution is -0.139. The zero-order chi connectivity index (χ0) is 15.8. The smallest absolute Gasteiger partial charge is 0.235 e. The van der Waals surface area contributed by atoms with Gasteiger partial charge in [-0.15, -0.1) is 0 Å². The number of hydrogen-bond donors (Lipinski definition) is 1. The highest BCUT2D eigenvalue weighted by Crippen LogP contribution is 2.37. The lowest BCUT2D eigenvalue weighted by Crippen LogP contribution is -2.56. The van der Waals surface area contributed by atoms with Gasteiger partial charge in [0.25, 0.3) is 0 Å². The standard InChI is InChI=1S/C18H24N2O2/c1-17(2)10-11-20(13-17)16(22)18(9-8-15(21)19-12-18)14-6-4-3-5-7-14/h3-7H,8-13H2,1-2H3,(H,19,21). The number of rotatable bonds is 2. The highest BCUT2D eigenvalue weighted by Gasteiger charge is 2.47. The Bertz CT molecular complexity index is 570. The van der Waals surface area contributed by atoms with Gasteiger partial charge in [-0.25, -0.2) is 0 Å². The molecule has 2 fully saturated rings. The lowest BCUT2D eigenvalue weighted by atomic mass is 9.73. The summed E-state index contributed by atoms with van der Waals surface area (Å²) in [6.45, 7) is 6.44. The predicted octanol–water partition coefficient (Wildman–Crippen LogP) is 2.09. The van der Waals surface area contributed by atoms with Crippen LogP contribution in [0.15, 0.2) is 30.3 Å². The zero-order valence-electron chi connectivity index (χ0n) is 13.4. The van der Waals surface area contributed by atoms with Crippen molar-refractivity contribution in [1.82, 2.24) is 10.2 Å². The second kappa shape index (κ2) is 5.41. The van der Waals surface area contributed by atoms with Crippen LogP contribution in [-0.4, -0.2) is 36.3 Å². The van der Waals surface area contributed by atoms with Crippen LogP contribution in [0.1, 0.15) is 38.7 Å². The van der Waals surface area contributed by atoms with Crippen molar-refractivity contribution in [3.63, 3.8) is 0 Å². The lowest BCUT2D eigenvalue weighted by Gasteiger charge is -2.39. The third kappa shape index (κ3) is 2.62. The van der Waals surface area contributed by atoms with E-state index in [4.69, 9.17) is 0 Å². The fourth-order valence-electron chi connectivity index (χ4n) is 3.65. The molecule has 0 radical (unpaired) electrons. The van der Waals surface area contributed by atoms with Crippen molar-refractivity contribution in [1.29, 1.82) is 0 Å². The van der Waals surface area contributed by atoms with Crippen molar-refractivity contribution >= 4 is 11.8 Å². The van der Waals surface area contributed by atoms with Crippen molar-refractivity contribution < 1.29 is 9.59 Å². The molecule has 0 aromatic heterocycles. The number of piperidine rings is 1. The summed E-state index contributed by atoms with van der Waals surface area (Å²) < 4.78 is 0. The monoisotopic (exact) mass is 300 g/mol. The summed E-state index contributed by atoms with van der Waals surface area (Å²) in [5.74, 6) is 0.213. The first-order valence-electron chi connectivity index (χ1n) is 8.05. The van der Waals surface area contributed by atoms with Gasteiger partial charge in [0.2, 0.25) is 11.8 Å². The number of likely N-dealkylation sites (tertiary alicyclic amines) is 1. The van der Waals surface area contributed by atoms with E-state index in [0.717, 1.165) is 25.1 Å². The summed E-state index contributed by atoms with van der Waals surface area (Å²) in [5.41, 5.74) is 0.603. The third-order valence-electron chi connectivity index (χ3n) is 5.07. The predicted molar refractivity (Wildman–Crippen MR) is 85.3 cm³/mol. The van der Waals surface area contributed by atoms with Crippen molar-refractivity contribution in [3.05, 3.63) is 35.9 Å². The van der Waals surface area contributed by atoms with Crippen LogP contribution in [-0.2, 0) is 15.0 Å². The maximum absolute atomic E-state index is 13.3. The third-order valence-corrected chi connectivity index (χ3v) is 5.07. The Morgan fingerprint density at radius 1 is 1.18 bits per heavy atom. The molecule has 0 bridgehead atoms. The van der Waals surface area contributed by atoms with Crippen LogP contribution >= 0.6 is 0 Å². The summed E-state index contributed by atoms with van der Waals surface area (Å²) in [5, 5.41) is 2.91. The van der Waals surface area contributed by atoms with E-state index in [-0.39, 0.29) is 17.2 Å². The fourth-order valence-corrected chi connectivity index (χ4v) is 3.65. The van der Waals surface area contributed by atoms with E-state index in [1.54, 1.807) is 0 Å². The maximum atomic E-state index is 13.3. The Morgan fingerprint density at radius 2 is 1.91 bits per heavy atom. The van der Waals surface area contributed by atoms with E-state index in [9.17, 15) is 9.59 Å². The molecule has 0 saturated carbocycles. The molecular weight excluding hydrogens is 276 g/mol. The number of carbonyl (C=O) groups is 2. The second-order valence-corrected chi connectivity index (χ2v) is 7.37. The average molecular weight is 300 g/mol. The fraction of sp³-hybridized carbons (Fsp3) is 0.556. The van der Waals surface area contributed by atoms with Crippen LogP contribution in [0, 0.1) is 5.41 Å². The molecule has 0 spiro atoms. The molecule has 3 rings (SSSR count). The first-order valence-corrected chi connectivity index (χ1v) is 8.05. The number of benzene rings is 1. The summed E-state index contributed by atoms with van der Waals surface area (Å²) in [7, 11) is 0. The number of carbonyl (C=O) groups excluding carboxylic acids is 2. The van der Waals surface area contributed by atoms with Gasteiger partial charge in [-0.1, -0.05) is 44.2 Å². The molecule has 2 aliphatic rings. The van der Waals surface area contributed by atoms with E-state index < -0.39 is 5.41 Å². The van der Waals surface area contributed by atoms with Crippen molar-refractivity contribution in [2.24, 2.45) is 5.41 Å². The average Bonchev–Trinajstić information content (AvgIpc) is 2.89. The van der Waals surface area contributed by atoms with Crippen LogP contribution in [0.2, 0.25) is 0 Å². The molecule has 2 heterocycles. The highest BCUT2D eigenvalue weighted by molar-refractivity contribution is 5.92. The van der Waals surface area contributed by atoms with Crippen LogP contribution < -0.4 is 5.32 Å². The molecule has 4 nitrogen and oxygen atoms in total. The topological polar surface area (TPSA) is 49.4 Å².